The molecule has 0 bridgehead atoms. The Kier molecular flexibility index (Phi) is 6.40. The Morgan fingerprint density at radius 3 is 2.52 bits per heavy atom. The van der Waals surface area contributed by atoms with E-state index in [4.69, 9.17) is 9.47 Å². The van der Waals surface area contributed by atoms with E-state index in [-0.39, 0.29) is 18.4 Å². The van der Waals surface area contributed by atoms with Crippen molar-refractivity contribution in [3.8, 4) is 5.88 Å². The number of nitrogens with zero attached hydrogens (tertiary/aromatic N) is 2. The normalized spacial score (nSPS) is 11.9. The number of nitrogens with one attached hydrogen (secondary N) is 2. The van der Waals surface area contributed by atoms with Gasteiger partial charge < -0.3 is 20.1 Å². The third kappa shape index (κ3) is 4.20. The Bertz CT molecular complexity index is 1040. The van der Waals surface area contributed by atoms with E-state index in [0.717, 1.165) is 0 Å². The molecule has 1 atom stereocenters. The number of fused-ring (bicyclic) bond motifs is 1. The number of aryl methyl sites for hydroxylation is 1. The lowest BCUT2D eigenvalue weighted by molar-refractivity contribution is -0.122. The molecule has 152 valence electrons. The number of ether oxygens (including phenoxy) is 2. The van der Waals surface area contributed by atoms with E-state index in [1.165, 1.54) is 25.5 Å². The number of aromatic nitrogens is 2. The van der Waals surface area contributed by atoms with E-state index < -0.39 is 6.04 Å². The second kappa shape index (κ2) is 8.97. The highest BCUT2D eigenvalue weighted by Crippen LogP contribution is 2.35. The summed E-state index contributed by atoms with van der Waals surface area (Å²) in [4.78, 5) is 35.3. The number of benzene rings is 1. The minimum absolute atomic E-state index is 0.234. The zero-order valence-corrected chi connectivity index (χ0v) is 17.4. The van der Waals surface area contributed by atoms with E-state index in [1.807, 2.05) is 25.1 Å². The molecule has 2 aromatic heterocycles. The lowest BCUT2D eigenvalue weighted by Gasteiger charge is -2.17. The lowest BCUT2D eigenvalue weighted by Crippen LogP contribution is -2.39. The van der Waals surface area contributed by atoms with Crippen molar-refractivity contribution < 1.29 is 19.1 Å². The van der Waals surface area contributed by atoms with Crippen LogP contribution in [0.3, 0.4) is 0 Å². The number of rotatable bonds is 7. The molecule has 3 aromatic rings. The Balaban J connectivity index is 1.99. The van der Waals surface area contributed by atoms with Crippen LogP contribution in [0.5, 0.6) is 5.88 Å². The van der Waals surface area contributed by atoms with Gasteiger partial charge in [0, 0.05) is 14.2 Å². The molecule has 1 aromatic carbocycles. The molecule has 0 radical (unpaired) electrons. The van der Waals surface area contributed by atoms with Gasteiger partial charge >= 0.3 is 0 Å². The van der Waals surface area contributed by atoms with E-state index in [9.17, 15) is 9.59 Å². The molecule has 0 aliphatic carbocycles. The maximum absolute atomic E-state index is 13.1. The van der Waals surface area contributed by atoms with Crippen molar-refractivity contribution in [2.75, 3.05) is 21.3 Å². The second-order valence-corrected chi connectivity index (χ2v) is 7.25. The fourth-order valence-corrected chi connectivity index (χ4v) is 4.08. The standard InChI is InChI=1S/C20H22N4O4S/c1-11-14-19(28-4)22-13(10-27-3)23-20(14)29-16(11)18(26)24-15(17(25)21-2)12-8-6-5-7-9-12/h5-9,15H,10H2,1-4H3,(H,21,25)(H,24,26)/t15-/m1/s1. The van der Waals surface area contributed by atoms with E-state index in [0.29, 0.717) is 37.9 Å². The number of carbonyl (C=O) groups is 2. The van der Waals surface area contributed by atoms with Gasteiger partial charge in [-0.3, -0.25) is 9.59 Å². The maximum Gasteiger partial charge on any atom is 0.262 e. The topological polar surface area (TPSA) is 102 Å². The van der Waals surface area contributed by atoms with Crippen LogP contribution < -0.4 is 15.4 Å². The van der Waals surface area contributed by atoms with Gasteiger partial charge in [0.2, 0.25) is 11.8 Å². The van der Waals surface area contributed by atoms with Gasteiger partial charge in [0.1, 0.15) is 17.5 Å². The fraction of sp³-hybridized carbons (Fsp3) is 0.300. The Hall–Kier alpha value is -3.04. The molecule has 0 fully saturated rings. The van der Waals surface area contributed by atoms with Gasteiger partial charge in [0.05, 0.1) is 17.4 Å². The van der Waals surface area contributed by atoms with Crippen molar-refractivity contribution >= 4 is 33.4 Å². The molecule has 0 aliphatic rings. The molecular formula is C20H22N4O4S. The third-order valence-corrected chi connectivity index (χ3v) is 5.58. The highest BCUT2D eigenvalue weighted by atomic mass is 32.1. The number of carbonyl (C=O) groups excluding carboxylic acids is 2. The molecule has 0 saturated heterocycles. The zero-order chi connectivity index (χ0) is 21.0. The van der Waals surface area contributed by atoms with E-state index in [1.54, 1.807) is 19.2 Å². The molecule has 0 unspecified atom stereocenters. The van der Waals surface area contributed by atoms with E-state index in [2.05, 4.69) is 20.6 Å². The number of amides is 2. The van der Waals surface area contributed by atoms with Crippen molar-refractivity contribution in [1.82, 2.24) is 20.6 Å². The first-order chi connectivity index (χ1) is 14.0. The molecule has 0 aliphatic heterocycles. The molecule has 29 heavy (non-hydrogen) atoms. The van der Waals surface area contributed by atoms with Crippen molar-refractivity contribution in [1.29, 1.82) is 0 Å². The first-order valence-electron chi connectivity index (χ1n) is 8.90. The maximum atomic E-state index is 13.1. The summed E-state index contributed by atoms with van der Waals surface area (Å²) in [5.41, 5.74) is 1.39. The van der Waals surface area contributed by atoms with Crippen molar-refractivity contribution in [3.05, 3.63) is 52.2 Å². The summed E-state index contributed by atoms with van der Waals surface area (Å²) >= 11 is 1.23. The summed E-state index contributed by atoms with van der Waals surface area (Å²) in [5, 5.41) is 6.10. The number of hydrogen-bond donors (Lipinski definition) is 2. The summed E-state index contributed by atoms with van der Waals surface area (Å²) in [7, 11) is 4.61. The molecule has 9 heteroatoms. The van der Waals surface area contributed by atoms with Crippen LogP contribution in [0.2, 0.25) is 0 Å². The van der Waals surface area contributed by atoms with Crippen LogP contribution in [0.1, 0.15) is 32.7 Å². The second-order valence-electron chi connectivity index (χ2n) is 6.25. The van der Waals surface area contributed by atoms with Gasteiger partial charge in [0.15, 0.2) is 5.82 Å². The highest BCUT2D eigenvalue weighted by Gasteiger charge is 2.26. The molecular weight excluding hydrogens is 392 g/mol. The minimum atomic E-state index is -0.810. The van der Waals surface area contributed by atoms with Crippen LogP contribution in [0.4, 0.5) is 0 Å². The minimum Gasteiger partial charge on any atom is -0.480 e. The number of hydrogen-bond acceptors (Lipinski definition) is 7. The molecule has 2 amide bonds. The number of methoxy groups -OCH3 is 2. The zero-order valence-electron chi connectivity index (χ0n) is 16.6. The summed E-state index contributed by atoms with van der Waals surface area (Å²) < 4.78 is 10.5. The van der Waals surface area contributed by atoms with Gasteiger partial charge in [0.25, 0.3) is 5.91 Å². The average molecular weight is 414 g/mol. The largest absolute Gasteiger partial charge is 0.480 e. The van der Waals surface area contributed by atoms with Crippen LogP contribution in [0.25, 0.3) is 10.2 Å². The summed E-state index contributed by atoms with van der Waals surface area (Å²) in [6, 6.07) is 8.27. The van der Waals surface area contributed by atoms with Gasteiger partial charge in [-0.15, -0.1) is 11.3 Å². The first kappa shape index (κ1) is 20.7. The summed E-state index contributed by atoms with van der Waals surface area (Å²) in [6.07, 6.45) is 0. The summed E-state index contributed by atoms with van der Waals surface area (Å²) in [5.74, 6) is 0.194. The van der Waals surface area contributed by atoms with Crippen LogP contribution in [0.15, 0.2) is 30.3 Å². The smallest absolute Gasteiger partial charge is 0.262 e. The van der Waals surface area contributed by atoms with Crippen LogP contribution in [-0.4, -0.2) is 43.0 Å². The Morgan fingerprint density at radius 2 is 1.90 bits per heavy atom. The summed E-state index contributed by atoms with van der Waals surface area (Å²) in [6.45, 7) is 2.05. The van der Waals surface area contributed by atoms with Gasteiger partial charge in [-0.25, -0.2) is 4.98 Å². The van der Waals surface area contributed by atoms with Gasteiger partial charge in [-0.2, -0.15) is 4.98 Å². The SMILES string of the molecule is CNC(=O)[C@H](NC(=O)c1sc2nc(COC)nc(OC)c2c1C)c1ccccc1. The number of thiophene rings is 1. The predicted octanol–water partition coefficient (Wildman–Crippen LogP) is 2.37. The Labute approximate surface area is 172 Å². The Morgan fingerprint density at radius 1 is 1.17 bits per heavy atom. The van der Waals surface area contributed by atoms with Gasteiger partial charge in [-0.05, 0) is 18.1 Å². The van der Waals surface area contributed by atoms with E-state index >= 15 is 0 Å². The molecule has 0 spiro atoms. The van der Waals surface area contributed by atoms with Crippen molar-refractivity contribution in [2.45, 2.75) is 19.6 Å². The highest BCUT2D eigenvalue weighted by molar-refractivity contribution is 7.20. The monoisotopic (exact) mass is 414 g/mol. The van der Waals surface area contributed by atoms with Gasteiger partial charge in [-0.1, -0.05) is 30.3 Å². The number of likely N-dealkylation sites (N-methyl/N-ethyl adjacent to an activating group) is 1. The molecule has 2 heterocycles. The first-order valence-corrected chi connectivity index (χ1v) is 9.72. The van der Waals surface area contributed by atoms with Crippen LogP contribution in [0, 0.1) is 6.92 Å². The molecule has 3 rings (SSSR count). The predicted molar refractivity (Wildman–Crippen MR) is 110 cm³/mol. The quantitative estimate of drug-likeness (QED) is 0.615. The van der Waals surface area contributed by atoms with Crippen molar-refractivity contribution in [2.24, 2.45) is 0 Å². The molecule has 8 nitrogen and oxygen atoms in total. The average Bonchev–Trinajstić information content (AvgIpc) is 3.08. The third-order valence-electron chi connectivity index (χ3n) is 4.39. The van der Waals surface area contributed by atoms with Crippen LogP contribution in [-0.2, 0) is 16.1 Å². The van der Waals surface area contributed by atoms with Crippen LogP contribution >= 0.6 is 11.3 Å². The lowest BCUT2D eigenvalue weighted by atomic mass is 10.1. The molecule has 2 N–H and O–H groups in total. The van der Waals surface area contributed by atoms with Crippen molar-refractivity contribution in [3.63, 3.8) is 0 Å². The fourth-order valence-electron chi connectivity index (χ4n) is 2.99. The molecule has 0 saturated carbocycles.